The van der Waals surface area contributed by atoms with Crippen molar-refractivity contribution >= 4 is 29.5 Å². The van der Waals surface area contributed by atoms with E-state index in [9.17, 15) is 15.0 Å². The molecule has 0 aliphatic rings. The molecule has 0 saturated heterocycles. The number of nitrogens with zero attached hydrogens (tertiary/aromatic N) is 3. The number of nitrogen functional groups attached to an aromatic ring is 1. The topological polar surface area (TPSA) is 147 Å². The van der Waals surface area contributed by atoms with E-state index in [-0.39, 0.29) is 47.5 Å². The van der Waals surface area contributed by atoms with Crippen LogP contribution in [0.4, 0.5) is 5.95 Å². The van der Waals surface area contributed by atoms with Crippen LogP contribution in [0.1, 0.15) is 24.4 Å². The van der Waals surface area contributed by atoms with Crippen LogP contribution in [0.5, 0.6) is 0 Å². The van der Waals surface area contributed by atoms with Gasteiger partial charge in [0, 0.05) is 7.11 Å². The molecule has 2 unspecified atom stereocenters. The van der Waals surface area contributed by atoms with Crippen LogP contribution < -0.4 is 11.3 Å². The molecule has 10 heteroatoms. The van der Waals surface area contributed by atoms with Crippen LogP contribution in [0, 0.1) is 0 Å². The normalized spacial score (nSPS) is 13.7. The number of aromatic amines is 1. The highest BCUT2D eigenvalue weighted by molar-refractivity contribution is 5.85. The number of aliphatic hydroxyl groups is 2. The van der Waals surface area contributed by atoms with E-state index in [1.54, 1.807) is 0 Å². The average Bonchev–Trinajstić information content (AvgIpc) is 2.37. The van der Waals surface area contributed by atoms with E-state index in [0.717, 1.165) is 0 Å². The monoisotopic (exact) mass is 317 g/mol. The molecule has 2 rings (SSSR count). The second-order valence-electron chi connectivity index (χ2n) is 4.30. The number of ether oxygens (including phenoxy) is 1. The van der Waals surface area contributed by atoms with Gasteiger partial charge in [-0.1, -0.05) is 0 Å². The Kier molecular flexibility index (Phi) is 5.55. The lowest BCUT2D eigenvalue weighted by molar-refractivity contribution is 0.0258. The predicted molar refractivity (Wildman–Crippen MR) is 77.0 cm³/mol. The maximum Gasteiger partial charge on any atom is 0.280 e. The number of hydrogen-bond acceptors (Lipinski definition) is 8. The van der Waals surface area contributed by atoms with Crippen LogP contribution in [0.15, 0.2) is 4.79 Å². The second-order valence-corrected chi connectivity index (χ2v) is 4.30. The van der Waals surface area contributed by atoms with E-state index in [4.69, 9.17) is 10.5 Å². The van der Waals surface area contributed by atoms with Gasteiger partial charge in [-0.15, -0.1) is 12.4 Å². The van der Waals surface area contributed by atoms with E-state index in [2.05, 4.69) is 19.9 Å². The summed E-state index contributed by atoms with van der Waals surface area (Å²) in [4.78, 5) is 26.1. The number of nitrogens with two attached hydrogens (primary N) is 1. The summed E-state index contributed by atoms with van der Waals surface area (Å²) in [6.45, 7) is 1.45. The van der Waals surface area contributed by atoms with Crippen LogP contribution >= 0.6 is 12.4 Å². The average molecular weight is 318 g/mol. The highest BCUT2D eigenvalue weighted by Crippen LogP contribution is 2.20. The first-order chi connectivity index (χ1) is 9.43. The molecule has 0 aliphatic carbocycles. The van der Waals surface area contributed by atoms with Gasteiger partial charge in [-0.2, -0.15) is 4.98 Å². The SMILES string of the molecule is COCc1nc2nc(N)[nH]c(=O)c2nc1C(O)C(C)O.Cl. The van der Waals surface area contributed by atoms with Gasteiger partial charge in [0.15, 0.2) is 11.2 Å². The van der Waals surface area contributed by atoms with Crippen LogP contribution in [-0.4, -0.2) is 43.4 Å². The van der Waals surface area contributed by atoms with Crippen LogP contribution in [-0.2, 0) is 11.3 Å². The van der Waals surface area contributed by atoms with Crippen LogP contribution in [0.3, 0.4) is 0 Å². The summed E-state index contributed by atoms with van der Waals surface area (Å²) >= 11 is 0. The first-order valence-corrected chi connectivity index (χ1v) is 5.85. The number of methoxy groups -OCH3 is 1. The summed E-state index contributed by atoms with van der Waals surface area (Å²) < 4.78 is 4.97. The Morgan fingerprint density at radius 2 is 2.00 bits per heavy atom. The first-order valence-electron chi connectivity index (χ1n) is 5.85. The quantitative estimate of drug-likeness (QED) is 0.577. The molecule has 0 fully saturated rings. The van der Waals surface area contributed by atoms with Gasteiger partial charge in [-0.25, -0.2) is 9.97 Å². The minimum atomic E-state index is -1.28. The highest BCUT2D eigenvalue weighted by Gasteiger charge is 2.22. The summed E-state index contributed by atoms with van der Waals surface area (Å²) in [7, 11) is 1.45. The molecule has 0 radical (unpaired) electrons. The van der Waals surface area contributed by atoms with Crippen molar-refractivity contribution in [2.24, 2.45) is 0 Å². The van der Waals surface area contributed by atoms with E-state index >= 15 is 0 Å². The second kappa shape index (κ2) is 6.76. The Bertz CT molecular complexity index is 690. The summed E-state index contributed by atoms with van der Waals surface area (Å²) in [5.74, 6) is -0.0796. The maximum absolute atomic E-state index is 11.8. The molecule has 0 aromatic carbocycles. The zero-order chi connectivity index (χ0) is 14.9. The molecule has 2 aromatic rings. The van der Waals surface area contributed by atoms with Crippen molar-refractivity contribution in [3.05, 3.63) is 21.7 Å². The van der Waals surface area contributed by atoms with Gasteiger partial charge < -0.3 is 20.7 Å². The third kappa shape index (κ3) is 3.45. The number of H-pyrrole nitrogens is 1. The highest BCUT2D eigenvalue weighted by atomic mass is 35.5. The zero-order valence-electron chi connectivity index (χ0n) is 11.4. The Morgan fingerprint density at radius 3 is 2.57 bits per heavy atom. The molecule has 0 aliphatic heterocycles. The zero-order valence-corrected chi connectivity index (χ0v) is 12.2. The predicted octanol–water partition coefficient (Wildman–Crippen LogP) is -0.722. The van der Waals surface area contributed by atoms with Crippen LogP contribution in [0.2, 0.25) is 0 Å². The van der Waals surface area contributed by atoms with Crippen LogP contribution in [0.25, 0.3) is 11.2 Å². The van der Waals surface area contributed by atoms with Crippen molar-refractivity contribution in [2.75, 3.05) is 12.8 Å². The number of aliphatic hydroxyl groups excluding tert-OH is 2. The lowest BCUT2D eigenvalue weighted by Crippen LogP contribution is -2.21. The third-order valence-corrected chi connectivity index (χ3v) is 2.68. The number of hydrogen-bond donors (Lipinski definition) is 4. The van der Waals surface area contributed by atoms with E-state index in [1.165, 1.54) is 14.0 Å². The lowest BCUT2D eigenvalue weighted by atomic mass is 10.1. The van der Waals surface area contributed by atoms with Gasteiger partial charge in [0.2, 0.25) is 5.95 Å². The summed E-state index contributed by atoms with van der Waals surface area (Å²) in [5.41, 5.74) is 5.23. The molecular weight excluding hydrogens is 302 g/mol. The van der Waals surface area contributed by atoms with Gasteiger partial charge in [0.1, 0.15) is 6.10 Å². The summed E-state index contributed by atoms with van der Waals surface area (Å²) in [5, 5.41) is 19.4. The number of aromatic nitrogens is 4. The van der Waals surface area contributed by atoms with E-state index in [0.29, 0.717) is 0 Å². The number of nitrogens with one attached hydrogen (secondary N) is 1. The summed E-state index contributed by atoms with van der Waals surface area (Å²) in [6, 6.07) is 0. The van der Waals surface area contributed by atoms with Crippen molar-refractivity contribution in [1.29, 1.82) is 0 Å². The fraction of sp³-hybridized carbons (Fsp3) is 0.455. The standard InChI is InChI=1S/C11H15N5O4.ClH/c1-4(17)8(18)6-5(3-20-2)13-9-7(14-6)10(19)16-11(12)15-9;/h4,8,17-18H,3H2,1-2H3,(H3,12,13,15,16,19);1H. The molecule has 2 heterocycles. The molecule has 5 N–H and O–H groups in total. The fourth-order valence-electron chi connectivity index (χ4n) is 1.73. The van der Waals surface area contributed by atoms with Crippen molar-refractivity contribution < 1.29 is 14.9 Å². The number of rotatable bonds is 4. The number of anilines is 1. The molecule has 0 saturated carbocycles. The largest absolute Gasteiger partial charge is 0.390 e. The third-order valence-electron chi connectivity index (χ3n) is 2.68. The molecule has 0 bridgehead atoms. The fourth-order valence-corrected chi connectivity index (χ4v) is 1.73. The van der Waals surface area contributed by atoms with Gasteiger partial charge in [0.05, 0.1) is 24.1 Å². The van der Waals surface area contributed by atoms with Gasteiger partial charge in [0.25, 0.3) is 5.56 Å². The van der Waals surface area contributed by atoms with Gasteiger partial charge in [-0.05, 0) is 6.92 Å². The van der Waals surface area contributed by atoms with Gasteiger partial charge >= 0.3 is 0 Å². The van der Waals surface area contributed by atoms with Crippen molar-refractivity contribution in [1.82, 2.24) is 19.9 Å². The first kappa shape index (κ1) is 17.2. The van der Waals surface area contributed by atoms with Crippen molar-refractivity contribution in [2.45, 2.75) is 25.7 Å². The molecule has 0 spiro atoms. The number of fused-ring (bicyclic) bond motifs is 1. The Labute approximate surface area is 125 Å². The van der Waals surface area contributed by atoms with Crippen molar-refractivity contribution in [3.8, 4) is 0 Å². The van der Waals surface area contributed by atoms with Gasteiger partial charge in [-0.3, -0.25) is 9.78 Å². The smallest absolute Gasteiger partial charge is 0.280 e. The molecule has 21 heavy (non-hydrogen) atoms. The minimum absolute atomic E-state index is 0. The van der Waals surface area contributed by atoms with E-state index in [1.807, 2.05) is 0 Å². The maximum atomic E-state index is 11.8. The Morgan fingerprint density at radius 1 is 1.33 bits per heavy atom. The Hall–Kier alpha value is -1.81. The molecular formula is C11H16ClN5O4. The molecule has 116 valence electrons. The number of halogens is 1. The lowest BCUT2D eigenvalue weighted by Gasteiger charge is -2.16. The Balaban J connectivity index is 0.00000220. The van der Waals surface area contributed by atoms with Crippen molar-refractivity contribution in [3.63, 3.8) is 0 Å². The molecule has 9 nitrogen and oxygen atoms in total. The summed E-state index contributed by atoms with van der Waals surface area (Å²) in [6.07, 6.45) is -2.35. The molecule has 2 atom stereocenters. The minimum Gasteiger partial charge on any atom is -0.390 e. The molecule has 0 amide bonds. The van der Waals surface area contributed by atoms with E-state index < -0.39 is 17.8 Å². The molecule has 2 aromatic heterocycles.